The zero-order valence-electron chi connectivity index (χ0n) is 12.1. The van der Waals surface area contributed by atoms with Crippen molar-refractivity contribution in [2.24, 2.45) is 0 Å². The lowest BCUT2D eigenvalue weighted by Gasteiger charge is -2.32. The number of carbonyl (C=O) groups excluding carboxylic acids is 1. The van der Waals surface area contributed by atoms with E-state index in [1.807, 2.05) is 60.7 Å². The van der Waals surface area contributed by atoms with Gasteiger partial charge in [0.15, 0.2) is 0 Å². The predicted octanol–water partition coefficient (Wildman–Crippen LogP) is 3.25. The lowest BCUT2D eigenvalue weighted by molar-refractivity contribution is -0.127. The first-order valence-corrected chi connectivity index (χ1v) is 7.19. The van der Waals surface area contributed by atoms with E-state index in [9.17, 15) is 10.0 Å². The Hall–Kier alpha value is -2.43. The van der Waals surface area contributed by atoms with Crippen LogP contribution in [0.15, 0.2) is 73.3 Å². The molecule has 0 spiro atoms. The Morgan fingerprint density at radius 3 is 2.00 bits per heavy atom. The van der Waals surface area contributed by atoms with Crippen LogP contribution in [0.2, 0.25) is 0 Å². The van der Waals surface area contributed by atoms with Gasteiger partial charge >= 0.3 is 0 Å². The number of amides is 1. The van der Waals surface area contributed by atoms with Crippen LogP contribution in [0.3, 0.4) is 0 Å². The minimum Gasteiger partial charge on any atom is -0.783 e. The molecule has 1 saturated heterocycles. The Labute approximate surface area is 129 Å². The third kappa shape index (κ3) is 2.54. The summed E-state index contributed by atoms with van der Waals surface area (Å²) < 4.78 is 0. The van der Waals surface area contributed by atoms with Crippen molar-refractivity contribution in [1.29, 1.82) is 0 Å². The highest BCUT2D eigenvalue weighted by Gasteiger charge is 2.39. The molecule has 0 saturated carbocycles. The minimum absolute atomic E-state index is 0.0456. The first-order valence-electron chi connectivity index (χ1n) is 7.19. The third-order valence-corrected chi connectivity index (χ3v) is 3.98. The van der Waals surface area contributed by atoms with Crippen LogP contribution in [-0.4, -0.2) is 22.5 Å². The fraction of sp³-hybridized carbons (Fsp3) is 0.167. The van der Waals surface area contributed by atoms with E-state index >= 15 is 0 Å². The average Bonchev–Trinajstić information content (AvgIpc) is 2.93. The molecule has 2 atom stereocenters. The first-order chi connectivity index (χ1) is 10.7. The molecule has 2 aromatic carbocycles. The summed E-state index contributed by atoms with van der Waals surface area (Å²) in [4.78, 5) is 13.7. The van der Waals surface area contributed by atoms with Crippen LogP contribution in [0.4, 0.5) is 0 Å². The second kappa shape index (κ2) is 6.13. The molecule has 1 aliphatic heterocycles. The van der Waals surface area contributed by atoms with E-state index in [2.05, 4.69) is 6.58 Å². The standard InChI is InChI=1S/C18H17N2O2/c1-2-16(21)19-13-20(22)18(15-11-7-4-8-12-15)17(19)14-9-5-3-6-10-14/h2-12,17-18H,1,13H2/q-1/t17-,18-/m0/s1. The number of hydroxylamine groups is 2. The number of nitrogens with zero attached hydrogens (tertiary/aromatic N) is 2. The molecule has 0 aromatic heterocycles. The van der Waals surface area contributed by atoms with E-state index in [4.69, 9.17) is 0 Å². The van der Waals surface area contributed by atoms with E-state index in [0.29, 0.717) is 0 Å². The van der Waals surface area contributed by atoms with Gasteiger partial charge in [0.25, 0.3) is 0 Å². The van der Waals surface area contributed by atoms with Gasteiger partial charge in [-0.25, -0.2) is 0 Å². The summed E-state index contributed by atoms with van der Waals surface area (Å²) >= 11 is 0. The predicted molar refractivity (Wildman–Crippen MR) is 85.5 cm³/mol. The van der Waals surface area contributed by atoms with Crippen molar-refractivity contribution in [3.8, 4) is 0 Å². The van der Waals surface area contributed by atoms with Gasteiger partial charge in [-0.3, -0.25) is 4.79 Å². The van der Waals surface area contributed by atoms with Crippen LogP contribution in [0.1, 0.15) is 23.2 Å². The largest absolute Gasteiger partial charge is 0.783 e. The Balaban J connectivity index is 2.07. The zero-order chi connectivity index (χ0) is 15.5. The molecule has 1 fully saturated rings. The second-order valence-electron chi connectivity index (χ2n) is 5.28. The fourth-order valence-corrected chi connectivity index (χ4v) is 2.99. The number of benzene rings is 2. The van der Waals surface area contributed by atoms with E-state index in [-0.39, 0.29) is 18.6 Å². The summed E-state index contributed by atoms with van der Waals surface area (Å²) in [6.07, 6.45) is 1.26. The molecule has 3 rings (SSSR count). The van der Waals surface area contributed by atoms with Crippen LogP contribution in [0.25, 0.3) is 0 Å². The molecule has 0 radical (unpaired) electrons. The number of hydrogen-bond donors (Lipinski definition) is 0. The molecule has 2 aromatic rings. The van der Waals surface area contributed by atoms with Crippen molar-refractivity contribution in [2.45, 2.75) is 12.1 Å². The molecule has 0 bridgehead atoms. The van der Waals surface area contributed by atoms with Crippen molar-refractivity contribution in [1.82, 2.24) is 9.96 Å². The fourth-order valence-electron chi connectivity index (χ4n) is 2.99. The van der Waals surface area contributed by atoms with Crippen molar-refractivity contribution in [2.75, 3.05) is 6.67 Å². The van der Waals surface area contributed by atoms with Gasteiger partial charge in [0.05, 0.1) is 12.7 Å². The molecule has 112 valence electrons. The summed E-state index contributed by atoms with van der Waals surface area (Å²) in [5, 5.41) is 13.4. The van der Waals surface area contributed by atoms with Crippen LogP contribution < -0.4 is 0 Å². The summed E-state index contributed by atoms with van der Waals surface area (Å²) in [6.45, 7) is 3.59. The quantitative estimate of drug-likeness (QED) is 0.816. The van der Waals surface area contributed by atoms with Crippen LogP contribution in [0.5, 0.6) is 0 Å². The maximum absolute atomic E-state index is 12.5. The lowest BCUT2D eigenvalue weighted by atomic mass is 9.94. The highest BCUT2D eigenvalue weighted by molar-refractivity contribution is 5.87. The Bertz CT molecular complexity index is 657. The van der Waals surface area contributed by atoms with Gasteiger partial charge in [-0.05, 0) is 17.2 Å². The van der Waals surface area contributed by atoms with E-state index in [1.165, 1.54) is 6.08 Å². The zero-order valence-corrected chi connectivity index (χ0v) is 12.1. The number of hydrogen-bond acceptors (Lipinski definition) is 3. The second-order valence-corrected chi connectivity index (χ2v) is 5.28. The topological polar surface area (TPSA) is 46.6 Å². The molecular formula is C18H17N2O2-. The van der Waals surface area contributed by atoms with E-state index in [0.717, 1.165) is 16.2 Å². The van der Waals surface area contributed by atoms with Crippen LogP contribution in [-0.2, 0) is 4.79 Å². The number of rotatable bonds is 3. The van der Waals surface area contributed by atoms with Crippen molar-refractivity contribution < 1.29 is 4.79 Å². The molecule has 4 heteroatoms. The first kappa shape index (κ1) is 14.5. The van der Waals surface area contributed by atoms with Gasteiger partial charge in [-0.15, -0.1) is 0 Å². The average molecular weight is 293 g/mol. The monoisotopic (exact) mass is 293 g/mol. The van der Waals surface area contributed by atoms with Gasteiger partial charge in [0.2, 0.25) is 5.91 Å². The molecule has 1 heterocycles. The summed E-state index contributed by atoms with van der Waals surface area (Å²) in [5.74, 6) is -0.229. The molecule has 0 aliphatic carbocycles. The lowest BCUT2D eigenvalue weighted by Crippen LogP contribution is -2.30. The van der Waals surface area contributed by atoms with Crippen molar-refractivity contribution in [3.63, 3.8) is 0 Å². The van der Waals surface area contributed by atoms with Gasteiger partial charge < -0.3 is 15.2 Å². The summed E-state index contributed by atoms with van der Waals surface area (Å²) in [6, 6.07) is 18.5. The van der Waals surface area contributed by atoms with E-state index in [1.54, 1.807) is 4.90 Å². The van der Waals surface area contributed by atoms with Crippen LogP contribution in [0, 0.1) is 5.21 Å². The maximum atomic E-state index is 12.5. The summed E-state index contributed by atoms with van der Waals surface area (Å²) in [5.41, 5.74) is 1.86. The van der Waals surface area contributed by atoms with E-state index < -0.39 is 6.04 Å². The third-order valence-electron chi connectivity index (χ3n) is 3.98. The minimum atomic E-state index is -0.410. The smallest absolute Gasteiger partial charge is 0.247 e. The van der Waals surface area contributed by atoms with Gasteiger partial charge in [0, 0.05) is 6.04 Å². The molecule has 1 amide bonds. The highest BCUT2D eigenvalue weighted by Crippen LogP contribution is 2.43. The Morgan fingerprint density at radius 2 is 1.50 bits per heavy atom. The normalized spacial score (nSPS) is 21.8. The van der Waals surface area contributed by atoms with Crippen molar-refractivity contribution in [3.05, 3.63) is 89.7 Å². The van der Waals surface area contributed by atoms with Gasteiger partial charge in [-0.1, -0.05) is 67.2 Å². The molecule has 0 N–H and O–H groups in total. The molecule has 4 nitrogen and oxygen atoms in total. The Kier molecular flexibility index (Phi) is 4.04. The molecular weight excluding hydrogens is 276 g/mol. The maximum Gasteiger partial charge on any atom is 0.247 e. The van der Waals surface area contributed by atoms with Crippen LogP contribution >= 0.6 is 0 Å². The Morgan fingerprint density at radius 1 is 1.00 bits per heavy atom. The highest BCUT2D eigenvalue weighted by atomic mass is 16.5. The van der Waals surface area contributed by atoms with Gasteiger partial charge in [0.1, 0.15) is 0 Å². The molecule has 1 aliphatic rings. The summed E-state index contributed by atoms with van der Waals surface area (Å²) in [7, 11) is 0. The molecule has 22 heavy (non-hydrogen) atoms. The molecule has 0 unspecified atom stereocenters. The van der Waals surface area contributed by atoms with Crippen molar-refractivity contribution >= 4 is 5.91 Å². The van der Waals surface area contributed by atoms with Gasteiger partial charge in [-0.2, -0.15) is 0 Å². The number of carbonyl (C=O) groups is 1. The SMILES string of the molecule is C=CC(=O)N1CN([O-])[C@@H](c2ccccc2)[C@@H]1c1ccccc1.